The summed E-state index contributed by atoms with van der Waals surface area (Å²) in [4.78, 5) is 67.9. The Labute approximate surface area is 332 Å². The Morgan fingerprint density at radius 3 is 2.05 bits per heavy atom. The van der Waals surface area contributed by atoms with Crippen LogP contribution in [0.2, 0.25) is 0 Å². The van der Waals surface area contributed by atoms with Crippen LogP contribution in [-0.4, -0.2) is 102 Å². The number of alkyl carbamates (subject to hydrolysis) is 2. The lowest BCUT2D eigenvalue weighted by Gasteiger charge is -2.31. The van der Waals surface area contributed by atoms with E-state index in [1.807, 2.05) is 38.7 Å². The van der Waals surface area contributed by atoms with Crippen molar-refractivity contribution in [2.24, 2.45) is 16.8 Å². The van der Waals surface area contributed by atoms with E-state index in [2.05, 4.69) is 57.3 Å². The van der Waals surface area contributed by atoms with Crippen molar-refractivity contribution < 1.29 is 28.7 Å². The lowest BCUT2D eigenvalue weighted by molar-refractivity contribution is -0.135. The smallest absolute Gasteiger partial charge is 0.407 e. The molecule has 0 bridgehead atoms. The van der Waals surface area contributed by atoms with Crippen LogP contribution in [0.15, 0.2) is 53.7 Å². The number of hydrogen-bond acceptors (Lipinski definition) is 10. The number of imidazole rings is 1. The Morgan fingerprint density at radius 1 is 0.807 bits per heavy atom. The Morgan fingerprint density at radius 2 is 1.42 bits per heavy atom. The van der Waals surface area contributed by atoms with E-state index in [4.69, 9.17) is 25.2 Å². The molecule has 0 radical (unpaired) electrons. The summed E-state index contributed by atoms with van der Waals surface area (Å²) in [5.74, 6) is 0.983. The van der Waals surface area contributed by atoms with E-state index >= 15 is 0 Å². The first-order valence-electron chi connectivity index (χ1n) is 19.8. The third kappa shape index (κ3) is 7.79. The number of carbonyl (C=O) groups excluding carboxylic acids is 4. The summed E-state index contributed by atoms with van der Waals surface area (Å²) in [7, 11) is 2.58. The minimum Gasteiger partial charge on any atom is -0.453 e. The van der Waals surface area contributed by atoms with Crippen LogP contribution in [0, 0.1) is 11.8 Å². The number of rotatable bonds is 10. The van der Waals surface area contributed by atoms with Crippen molar-refractivity contribution in [3.8, 4) is 11.3 Å². The minimum atomic E-state index is -0.705. The summed E-state index contributed by atoms with van der Waals surface area (Å²) in [6.45, 7) is 9.33. The molecule has 4 amide bonds. The SMILES string of the molecule is COC(=O)N[C@H](C(=O)N1CCC[C@H]1C1=NCC(c2ccc3c(c2)cc(N)c2cc(-c4cnc([C@@H]5CCCN5C(=O)[C@@H](NC(=O)OC)C(C)C)[nH]4)ccc23)N1)C(C)C. The highest BCUT2D eigenvalue weighted by Gasteiger charge is 2.40. The molecule has 3 aromatic carbocycles. The number of nitrogens with zero attached hydrogens (tertiary/aromatic N) is 4. The van der Waals surface area contributed by atoms with Crippen LogP contribution in [0.3, 0.4) is 0 Å². The Balaban J connectivity index is 1.06. The van der Waals surface area contributed by atoms with Crippen LogP contribution >= 0.6 is 0 Å². The molecule has 15 nitrogen and oxygen atoms in total. The maximum Gasteiger partial charge on any atom is 0.407 e. The zero-order valence-electron chi connectivity index (χ0n) is 33.4. The standard InChI is InChI=1S/C42H53N9O6/c1-22(2)35(48-41(54)56-5)39(52)50-15-7-9-33(50)37-44-20-31(46-37)24-11-13-27-26(17-24)19-30(43)29-18-25(12-14-28(27)29)32-21-45-38(47-32)34-10-8-16-51(34)40(53)36(23(3)4)49-42(55)57-6/h11-14,17-19,21-23,31,33-36H,7-10,15-16,20,43H2,1-6H3,(H,44,46)(H,45,47)(H,48,54)(H,49,55)/t31?,33-,34-,35-,36-/m0/s1. The summed E-state index contributed by atoms with van der Waals surface area (Å²) in [5, 5.41) is 13.1. The number of ether oxygens (including phenoxy) is 2. The molecule has 5 atom stereocenters. The normalized spacial score (nSPS) is 20.5. The number of methoxy groups -OCH3 is 2. The molecule has 57 heavy (non-hydrogen) atoms. The lowest BCUT2D eigenvalue weighted by atomic mass is 9.95. The molecular formula is C42H53N9O6. The number of nitrogen functional groups attached to an aromatic ring is 1. The molecule has 6 N–H and O–H groups in total. The molecule has 0 spiro atoms. The second-order valence-corrected chi connectivity index (χ2v) is 15.9. The molecule has 15 heteroatoms. The number of amidine groups is 1. The number of likely N-dealkylation sites (tertiary alicyclic amines) is 2. The largest absolute Gasteiger partial charge is 0.453 e. The zero-order chi connectivity index (χ0) is 40.5. The van der Waals surface area contributed by atoms with E-state index in [0.29, 0.717) is 31.1 Å². The molecule has 2 saturated heterocycles. The molecule has 302 valence electrons. The van der Waals surface area contributed by atoms with Gasteiger partial charge in [0.05, 0.1) is 50.8 Å². The van der Waals surface area contributed by atoms with Crippen LogP contribution in [0.5, 0.6) is 0 Å². The van der Waals surface area contributed by atoms with Gasteiger partial charge >= 0.3 is 12.2 Å². The Bertz CT molecular complexity index is 2220. The fraction of sp³-hybridized carbons (Fsp3) is 0.476. The van der Waals surface area contributed by atoms with Crippen molar-refractivity contribution in [1.82, 2.24) is 35.7 Å². The molecule has 0 aliphatic carbocycles. The first-order chi connectivity index (χ1) is 27.4. The van der Waals surface area contributed by atoms with Gasteiger partial charge in [0.15, 0.2) is 0 Å². The predicted octanol–water partition coefficient (Wildman–Crippen LogP) is 5.42. The summed E-state index contributed by atoms with van der Waals surface area (Å²) in [6, 6.07) is 12.7. The molecule has 0 saturated carbocycles. The fourth-order valence-corrected chi connectivity index (χ4v) is 8.48. The summed E-state index contributed by atoms with van der Waals surface area (Å²) in [6.07, 6.45) is 3.78. The van der Waals surface area contributed by atoms with Crippen LogP contribution in [0.25, 0.3) is 32.8 Å². The minimum absolute atomic E-state index is 0.0589. The second-order valence-electron chi connectivity index (χ2n) is 15.9. The molecule has 3 aliphatic heterocycles. The third-order valence-corrected chi connectivity index (χ3v) is 11.6. The van der Waals surface area contributed by atoms with E-state index < -0.39 is 24.3 Å². The van der Waals surface area contributed by atoms with E-state index in [9.17, 15) is 19.2 Å². The van der Waals surface area contributed by atoms with Gasteiger partial charge in [0.25, 0.3) is 0 Å². The number of nitrogens with one attached hydrogen (secondary N) is 4. The van der Waals surface area contributed by atoms with Crippen molar-refractivity contribution in [3.05, 3.63) is 60.0 Å². The number of hydrogen-bond donors (Lipinski definition) is 5. The van der Waals surface area contributed by atoms with Gasteiger partial charge < -0.3 is 45.9 Å². The van der Waals surface area contributed by atoms with E-state index in [1.54, 1.807) is 11.1 Å². The summed E-state index contributed by atoms with van der Waals surface area (Å²) < 4.78 is 9.54. The number of fused-ring (bicyclic) bond motifs is 3. The van der Waals surface area contributed by atoms with Crippen molar-refractivity contribution in [2.45, 2.75) is 83.6 Å². The molecule has 2 fully saturated rings. The van der Waals surface area contributed by atoms with Crippen molar-refractivity contribution in [1.29, 1.82) is 0 Å². The zero-order valence-corrected chi connectivity index (χ0v) is 33.4. The van der Waals surface area contributed by atoms with Crippen molar-refractivity contribution in [2.75, 3.05) is 39.6 Å². The average molecular weight is 780 g/mol. The number of aliphatic imine (C=N–C) groups is 1. The Kier molecular flexibility index (Phi) is 11.3. The van der Waals surface area contributed by atoms with E-state index in [1.165, 1.54) is 14.2 Å². The number of aromatic amines is 1. The molecule has 3 aliphatic rings. The van der Waals surface area contributed by atoms with Gasteiger partial charge in [-0.3, -0.25) is 14.6 Å². The highest BCUT2D eigenvalue weighted by molar-refractivity contribution is 6.13. The van der Waals surface area contributed by atoms with Gasteiger partial charge in [-0.15, -0.1) is 0 Å². The highest BCUT2D eigenvalue weighted by Crippen LogP contribution is 2.37. The molecule has 1 aromatic heterocycles. The van der Waals surface area contributed by atoms with E-state index in [-0.39, 0.29) is 41.8 Å². The van der Waals surface area contributed by atoms with Gasteiger partial charge in [-0.05, 0) is 77.4 Å². The molecule has 4 heterocycles. The molecular weight excluding hydrogens is 727 g/mol. The average Bonchev–Trinajstić information content (AvgIpc) is 4.04. The fourth-order valence-electron chi connectivity index (χ4n) is 8.48. The number of benzene rings is 3. The van der Waals surface area contributed by atoms with Crippen LogP contribution in [0.1, 0.15) is 76.8 Å². The monoisotopic (exact) mass is 779 g/mol. The molecule has 7 rings (SSSR count). The van der Waals surface area contributed by atoms with Crippen LogP contribution < -0.4 is 21.7 Å². The second kappa shape index (κ2) is 16.3. The van der Waals surface area contributed by atoms with Gasteiger partial charge in [-0.2, -0.15) is 0 Å². The molecule has 4 aromatic rings. The van der Waals surface area contributed by atoms with E-state index in [0.717, 1.165) is 69.9 Å². The van der Waals surface area contributed by atoms with Gasteiger partial charge in [-0.1, -0.05) is 52.0 Å². The quantitative estimate of drug-likeness (QED) is 0.103. The third-order valence-electron chi connectivity index (χ3n) is 11.6. The van der Waals surface area contributed by atoms with Crippen molar-refractivity contribution >= 4 is 57.1 Å². The highest BCUT2D eigenvalue weighted by atomic mass is 16.5. The first-order valence-corrected chi connectivity index (χ1v) is 19.8. The maximum absolute atomic E-state index is 13.6. The van der Waals surface area contributed by atoms with Gasteiger partial charge in [0.2, 0.25) is 11.8 Å². The van der Waals surface area contributed by atoms with Crippen LogP contribution in [-0.2, 0) is 19.1 Å². The van der Waals surface area contributed by atoms with Gasteiger partial charge in [-0.25, -0.2) is 14.6 Å². The number of carbonyl (C=O) groups is 4. The number of amides is 4. The molecule has 1 unspecified atom stereocenters. The van der Waals surface area contributed by atoms with Crippen LogP contribution in [0.4, 0.5) is 15.3 Å². The number of anilines is 1. The van der Waals surface area contributed by atoms with Crippen molar-refractivity contribution in [3.63, 3.8) is 0 Å². The number of aromatic nitrogens is 2. The first kappa shape index (κ1) is 39.4. The maximum atomic E-state index is 13.6. The lowest BCUT2D eigenvalue weighted by Crippen LogP contribution is -2.54. The summed E-state index contributed by atoms with van der Waals surface area (Å²) in [5.41, 5.74) is 10.2. The van der Waals surface area contributed by atoms with Gasteiger partial charge in [0.1, 0.15) is 23.7 Å². The Hall–Kier alpha value is -5.86. The summed E-state index contributed by atoms with van der Waals surface area (Å²) >= 11 is 0. The number of nitrogens with two attached hydrogens (primary N) is 1. The topological polar surface area (TPSA) is 196 Å². The van der Waals surface area contributed by atoms with Gasteiger partial charge in [0, 0.05) is 29.7 Å². The number of H-pyrrole nitrogens is 1. The predicted molar refractivity (Wildman–Crippen MR) is 218 cm³/mol.